The van der Waals surface area contributed by atoms with Gasteiger partial charge in [-0.2, -0.15) is 0 Å². The molecule has 0 saturated carbocycles. The van der Waals surface area contributed by atoms with Crippen molar-refractivity contribution >= 4 is 40.6 Å². The van der Waals surface area contributed by atoms with Crippen LogP contribution in [0.5, 0.6) is 0 Å². The number of piperazine rings is 1. The van der Waals surface area contributed by atoms with Gasteiger partial charge in [0.2, 0.25) is 11.8 Å². The molecule has 0 bridgehead atoms. The SMILES string of the molecule is CC(C)c1nc(COC(=O)N[C@H](C(=O)N[C@@H](Cc2ccccc2)[C@H](O)CN2CCN(Cc3cncs3)C[C@H]2C(=O)NC(C)(C)C)C(C)C)cs1. The first kappa shape index (κ1) is 39.4. The van der Waals surface area contributed by atoms with Crippen molar-refractivity contribution in [2.45, 2.75) is 104 Å². The molecule has 3 heterocycles. The van der Waals surface area contributed by atoms with Gasteiger partial charge in [-0.1, -0.05) is 58.0 Å². The number of ether oxygens (including phenoxy) is 1. The lowest BCUT2D eigenvalue weighted by Crippen LogP contribution is -2.63. The zero-order valence-corrected chi connectivity index (χ0v) is 31.9. The summed E-state index contributed by atoms with van der Waals surface area (Å²) in [5.41, 5.74) is 2.97. The number of carbonyl (C=O) groups excluding carboxylic acids is 3. The lowest BCUT2D eigenvalue weighted by molar-refractivity contribution is -0.132. The molecule has 0 spiro atoms. The van der Waals surface area contributed by atoms with Crippen LogP contribution < -0.4 is 16.0 Å². The van der Waals surface area contributed by atoms with Gasteiger partial charge in [0.25, 0.3) is 0 Å². The van der Waals surface area contributed by atoms with Crippen molar-refractivity contribution in [2.75, 3.05) is 26.2 Å². The van der Waals surface area contributed by atoms with E-state index in [0.717, 1.165) is 15.4 Å². The van der Waals surface area contributed by atoms with E-state index in [-0.39, 0.29) is 30.9 Å². The molecule has 3 amide bonds. The zero-order chi connectivity index (χ0) is 36.4. The second-order valence-electron chi connectivity index (χ2n) is 14.6. The van der Waals surface area contributed by atoms with E-state index in [1.807, 2.05) is 81.4 Å². The van der Waals surface area contributed by atoms with Gasteiger partial charge >= 0.3 is 6.09 Å². The van der Waals surface area contributed by atoms with Gasteiger partial charge < -0.3 is 25.8 Å². The van der Waals surface area contributed by atoms with Gasteiger partial charge in [-0.25, -0.2) is 9.78 Å². The van der Waals surface area contributed by atoms with E-state index in [2.05, 4.69) is 44.7 Å². The number of thiazole rings is 2. The normalized spacial score (nSPS) is 17.7. The first-order valence-electron chi connectivity index (χ1n) is 17.2. The molecule has 14 heteroatoms. The van der Waals surface area contributed by atoms with Crippen molar-refractivity contribution in [3.63, 3.8) is 0 Å². The molecule has 50 heavy (non-hydrogen) atoms. The molecule has 274 valence electrons. The fourth-order valence-electron chi connectivity index (χ4n) is 5.77. The minimum atomic E-state index is -1.02. The van der Waals surface area contributed by atoms with Gasteiger partial charge in [-0.05, 0) is 38.7 Å². The molecule has 1 aliphatic rings. The number of alkyl carbamates (subject to hydrolysis) is 1. The number of hydrogen-bond acceptors (Lipinski definition) is 11. The number of amides is 3. The van der Waals surface area contributed by atoms with E-state index in [9.17, 15) is 19.5 Å². The Balaban J connectivity index is 1.46. The van der Waals surface area contributed by atoms with Gasteiger partial charge in [0.15, 0.2) is 0 Å². The minimum Gasteiger partial charge on any atom is -0.443 e. The number of β-amino-alcohol motifs (C(OH)–C–C–N with tert-alkyl or cyclic N) is 1. The third kappa shape index (κ3) is 12.1. The third-order valence-corrected chi connectivity index (χ3v) is 10.3. The first-order chi connectivity index (χ1) is 23.7. The predicted molar refractivity (Wildman–Crippen MR) is 197 cm³/mol. The molecular weight excluding hydrogens is 675 g/mol. The molecule has 1 saturated heterocycles. The Hall–Kier alpha value is -3.43. The number of nitrogens with zero attached hydrogens (tertiary/aromatic N) is 4. The Bertz CT molecular complexity index is 1510. The van der Waals surface area contributed by atoms with Crippen LogP contribution in [0, 0.1) is 5.92 Å². The molecule has 2 aromatic heterocycles. The number of nitrogens with one attached hydrogen (secondary N) is 3. The molecule has 3 aromatic rings. The quantitative estimate of drug-likeness (QED) is 0.181. The largest absolute Gasteiger partial charge is 0.443 e. The lowest BCUT2D eigenvalue weighted by atomic mass is 9.97. The molecule has 4 rings (SSSR count). The van der Waals surface area contributed by atoms with Crippen molar-refractivity contribution in [1.29, 1.82) is 0 Å². The van der Waals surface area contributed by atoms with Gasteiger partial charge in [0.05, 0.1) is 28.4 Å². The van der Waals surface area contributed by atoms with Crippen LogP contribution in [-0.2, 0) is 33.9 Å². The molecule has 1 fully saturated rings. The van der Waals surface area contributed by atoms with Crippen molar-refractivity contribution in [3.8, 4) is 0 Å². The number of carbonyl (C=O) groups is 3. The van der Waals surface area contributed by atoms with Crippen LogP contribution in [0.1, 0.15) is 75.5 Å². The standard InChI is InChI=1S/C36H53N7O5S2/c1-23(2)31(40-35(47)48-20-26-21-49-34(38-26)24(3)4)33(46)39-28(15-25-11-9-8-10-12-25)30(44)19-43-14-13-42(17-27-16-37-22-50-27)18-29(43)32(45)41-36(5,6)7/h8-12,16,21-24,28-31,44H,13-15,17-20H2,1-7H3,(H,39,46)(H,40,47)(H,41,45)/t28-,29-,30+,31-/m0/s1. The highest BCUT2D eigenvalue weighted by Gasteiger charge is 2.37. The fraction of sp³-hybridized carbons (Fsp3) is 0.583. The Kier molecular flexibility index (Phi) is 14.3. The maximum absolute atomic E-state index is 13.8. The van der Waals surface area contributed by atoms with Crippen molar-refractivity contribution < 1.29 is 24.2 Å². The second-order valence-corrected chi connectivity index (χ2v) is 16.5. The van der Waals surface area contributed by atoms with Crippen LogP contribution in [0.2, 0.25) is 0 Å². The zero-order valence-electron chi connectivity index (χ0n) is 30.2. The van der Waals surface area contributed by atoms with E-state index in [4.69, 9.17) is 4.74 Å². The van der Waals surface area contributed by atoms with Crippen LogP contribution in [0.3, 0.4) is 0 Å². The molecular formula is C36H53N7O5S2. The summed E-state index contributed by atoms with van der Waals surface area (Å²) >= 11 is 3.10. The average Bonchev–Trinajstić information content (AvgIpc) is 3.75. The summed E-state index contributed by atoms with van der Waals surface area (Å²) in [7, 11) is 0. The summed E-state index contributed by atoms with van der Waals surface area (Å²) < 4.78 is 5.42. The smallest absolute Gasteiger partial charge is 0.408 e. The molecule has 0 aliphatic carbocycles. The van der Waals surface area contributed by atoms with E-state index < -0.39 is 41.8 Å². The Morgan fingerprint density at radius 1 is 1.06 bits per heavy atom. The number of aliphatic hydroxyl groups excluding tert-OH is 1. The Morgan fingerprint density at radius 2 is 1.80 bits per heavy atom. The predicted octanol–water partition coefficient (Wildman–Crippen LogP) is 4.16. The lowest BCUT2D eigenvalue weighted by Gasteiger charge is -2.43. The van der Waals surface area contributed by atoms with Gasteiger partial charge in [0.1, 0.15) is 18.7 Å². The third-order valence-electron chi connectivity index (χ3n) is 8.39. The number of aromatic nitrogens is 2. The molecule has 0 unspecified atom stereocenters. The van der Waals surface area contributed by atoms with Crippen LogP contribution in [0.15, 0.2) is 47.4 Å². The number of hydrogen-bond donors (Lipinski definition) is 4. The summed E-state index contributed by atoms with van der Waals surface area (Å²) in [6.45, 7) is 16.3. The van der Waals surface area contributed by atoms with Crippen molar-refractivity contribution in [2.24, 2.45) is 5.92 Å². The minimum absolute atomic E-state index is 0.00172. The van der Waals surface area contributed by atoms with E-state index in [1.165, 1.54) is 11.3 Å². The first-order valence-corrected chi connectivity index (χ1v) is 19.0. The number of benzene rings is 1. The highest BCUT2D eigenvalue weighted by Crippen LogP contribution is 2.21. The maximum Gasteiger partial charge on any atom is 0.408 e. The molecule has 1 aromatic carbocycles. The Labute approximate surface area is 304 Å². The number of rotatable bonds is 15. The van der Waals surface area contributed by atoms with Crippen molar-refractivity contribution in [1.82, 2.24) is 35.7 Å². The number of aliphatic hydroxyl groups is 1. The van der Waals surface area contributed by atoms with E-state index in [1.54, 1.807) is 16.8 Å². The second kappa shape index (κ2) is 18.2. The summed E-state index contributed by atoms with van der Waals surface area (Å²) in [5.74, 6) is -0.519. The monoisotopic (exact) mass is 727 g/mol. The van der Waals surface area contributed by atoms with Gasteiger partial charge in [-0.15, -0.1) is 22.7 Å². The topological polar surface area (TPSA) is 149 Å². The van der Waals surface area contributed by atoms with Gasteiger partial charge in [0, 0.05) is 60.6 Å². The molecule has 0 radical (unpaired) electrons. The van der Waals surface area contributed by atoms with Gasteiger partial charge in [-0.3, -0.25) is 24.4 Å². The van der Waals surface area contributed by atoms with Crippen LogP contribution in [-0.4, -0.2) is 98.7 Å². The summed E-state index contributed by atoms with van der Waals surface area (Å²) in [6, 6.07) is 7.52. The fourth-order valence-corrected chi connectivity index (χ4v) is 7.23. The summed E-state index contributed by atoms with van der Waals surface area (Å²) in [4.78, 5) is 54.3. The van der Waals surface area contributed by atoms with E-state index in [0.29, 0.717) is 38.3 Å². The molecule has 1 aliphatic heterocycles. The highest BCUT2D eigenvalue weighted by atomic mass is 32.1. The van der Waals surface area contributed by atoms with Crippen LogP contribution in [0.25, 0.3) is 0 Å². The molecule has 4 N–H and O–H groups in total. The molecule has 4 atom stereocenters. The summed E-state index contributed by atoms with van der Waals surface area (Å²) in [6.07, 6.45) is 0.470. The van der Waals surface area contributed by atoms with E-state index >= 15 is 0 Å². The maximum atomic E-state index is 13.8. The highest BCUT2D eigenvalue weighted by molar-refractivity contribution is 7.09. The Morgan fingerprint density at radius 3 is 2.42 bits per heavy atom. The van der Waals surface area contributed by atoms with Crippen molar-refractivity contribution in [3.05, 3.63) is 68.6 Å². The molecule has 12 nitrogen and oxygen atoms in total. The van der Waals surface area contributed by atoms with Crippen LogP contribution in [0.4, 0.5) is 4.79 Å². The summed E-state index contributed by atoms with van der Waals surface area (Å²) in [5, 5.41) is 23.5. The average molecular weight is 728 g/mol. The van der Waals surface area contributed by atoms with Crippen LogP contribution >= 0.6 is 22.7 Å².